The second-order valence-electron chi connectivity index (χ2n) is 6.38. The molecule has 0 saturated carbocycles. The van der Waals surface area contributed by atoms with E-state index < -0.39 is 5.41 Å². The van der Waals surface area contributed by atoms with Crippen molar-refractivity contribution in [1.82, 2.24) is 5.32 Å². The van der Waals surface area contributed by atoms with Gasteiger partial charge >= 0.3 is 0 Å². The highest BCUT2D eigenvalue weighted by atomic mass is 32.2. The highest BCUT2D eigenvalue weighted by Crippen LogP contribution is 2.24. The minimum absolute atomic E-state index is 0.0215. The Morgan fingerprint density at radius 1 is 1.33 bits per heavy atom. The summed E-state index contributed by atoms with van der Waals surface area (Å²) in [4.78, 5) is 11.8. The van der Waals surface area contributed by atoms with E-state index >= 15 is 0 Å². The van der Waals surface area contributed by atoms with E-state index in [1.807, 2.05) is 19.9 Å². The van der Waals surface area contributed by atoms with Gasteiger partial charge in [0.05, 0.1) is 5.75 Å². The fourth-order valence-electron chi connectivity index (χ4n) is 1.96. The van der Waals surface area contributed by atoms with Crippen molar-refractivity contribution >= 4 is 17.7 Å². The highest BCUT2D eigenvalue weighted by Gasteiger charge is 2.24. The van der Waals surface area contributed by atoms with E-state index in [-0.39, 0.29) is 11.7 Å². The van der Waals surface area contributed by atoms with Crippen LogP contribution < -0.4 is 5.32 Å². The molecule has 0 heterocycles. The first-order chi connectivity index (χ1) is 9.83. The normalized spacial score (nSPS) is 11.7. The summed E-state index contributed by atoms with van der Waals surface area (Å²) < 4.78 is 13.8. The first-order valence-corrected chi connectivity index (χ1v) is 8.58. The van der Waals surface area contributed by atoms with E-state index in [0.29, 0.717) is 23.8 Å². The van der Waals surface area contributed by atoms with Crippen LogP contribution in [0.4, 0.5) is 4.39 Å². The van der Waals surface area contributed by atoms with Gasteiger partial charge in [-0.1, -0.05) is 45.9 Å². The quantitative estimate of drug-likeness (QED) is 0.735. The molecule has 0 saturated heterocycles. The van der Waals surface area contributed by atoms with E-state index in [1.54, 1.807) is 23.9 Å². The molecule has 0 bridgehead atoms. The van der Waals surface area contributed by atoms with Crippen molar-refractivity contribution in [2.75, 3.05) is 18.1 Å². The van der Waals surface area contributed by atoms with Gasteiger partial charge < -0.3 is 5.32 Å². The van der Waals surface area contributed by atoms with Gasteiger partial charge in [-0.3, -0.25) is 4.79 Å². The third kappa shape index (κ3) is 6.51. The van der Waals surface area contributed by atoms with E-state index in [2.05, 4.69) is 19.2 Å². The minimum Gasteiger partial charge on any atom is -0.355 e. The highest BCUT2D eigenvalue weighted by molar-refractivity contribution is 7.99. The van der Waals surface area contributed by atoms with Crippen molar-refractivity contribution < 1.29 is 9.18 Å². The molecule has 0 unspecified atom stereocenters. The van der Waals surface area contributed by atoms with Crippen molar-refractivity contribution in [1.29, 1.82) is 0 Å². The molecule has 0 aliphatic rings. The third-order valence-corrected chi connectivity index (χ3v) is 4.39. The molecule has 0 fully saturated rings. The second-order valence-corrected chi connectivity index (χ2v) is 7.48. The van der Waals surface area contributed by atoms with Gasteiger partial charge in [0.1, 0.15) is 5.82 Å². The molecular weight excluding hydrogens is 285 g/mol. The fourth-order valence-corrected chi connectivity index (χ4v) is 3.03. The van der Waals surface area contributed by atoms with Crippen LogP contribution in [0, 0.1) is 11.7 Å². The van der Waals surface area contributed by atoms with Gasteiger partial charge in [-0.15, -0.1) is 0 Å². The lowest BCUT2D eigenvalue weighted by Crippen LogP contribution is -2.38. The maximum absolute atomic E-state index is 13.8. The standard InChI is InChI=1S/C17H26FNOS/c1-13(2)9-10-21-11-16(20)19-12-17(3,4)14-7-5-6-8-15(14)18/h5-8,13H,9-12H2,1-4H3,(H,19,20). The predicted molar refractivity (Wildman–Crippen MR) is 89.2 cm³/mol. The Morgan fingerprint density at radius 2 is 2.00 bits per heavy atom. The molecular formula is C17H26FNOS. The molecule has 1 aromatic rings. The number of nitrogens with one attached hydrogen (secondary N) is 1. The summed E-state index contributed by atoms with van der Waals surface area (Å²) in [6.07, 6.45) is 1.12. The van der Waals surface area contributed by atoms with Crippen LogP contribution in [0.2, 0.25) is 0 Å². The first-order valence-electron chi connectivity index (χ1n) is 7.42. The maximum atomic E-state index is 13.8. The molecule has 0 aliphatic heterocycles. The summed E-state index contributed by atoms with van der Waals surface area (Å²) in [7, 11) is 0. The average molecular weight is 311 g/mol. The van der Waals surface area contributed by atoms with Gasteiger partial charge in [-0.05, 0) is 29.7 Å². The molecule has 0 atom stereocenters. The van der Waals surface area contributed by atoms with Crippen molar-refractivity contribution in [2.24, 2.45) is 5.92 Å². The lowest BCUT2D eigenvalue weighted by atomic mass is 9.84. The van der Waals surface area contributed by atoms with Crippen LogP contribution in [0.25, 0.3) is 0 Å². The Hall–Kier alpha value is -1.03. The fraction of sp³-hybridized carbons (Fsp3) is 0.588. The molecule has 1 amide bonds. The average Bonchev–Trinajstić information content (AvgIpc) is 2.41. The topological polar surface area (TPSA) is 29.1 Å². The summed E-state index contributed by atoms with van der Waals surface area (Å²) in [5.41, 5.74) is 0.224. The zero-order chi connectivity index (χ0) is 15.9. The zero-order valence-electron chi connectivity index (χ0n) is 13.4. The Kier molecular flexibility index (Phi) is 7.23. The van der Waals surface area contributed by atoms with Gasteiger partial charge in [0.25, 0.3) is 0 Å². The molecule has 21 heavy (non-hydrogen) atoms. The number of rotatable bonds is 8. The number of amides is 1. The van der Waals surface area contributed by atoms with E-state index in [4.69, 9.17) is 0 Å². The Labute approximate surface area is 131 Å². The van der Waals surface area contributed by atoms with Gasteiger partial charge in [-0.25, -0.2) is 4.39 Å². The molecule has 0 aliphatic carbocycles. The summed E-state index contributed by atoms with van der Waals surface area (Å²) in [5.74, 6) is 1.94. The van der Waals surface area contributed by atoms with Crippen LogP contribution in [-0.4, -0.2) is 24.0 Å². The minimum atomic E-state index is -0.413. The lowest BCUT2D eigenvalue weighted by Gasteiger charge is -2.26. The number of thioether (sulfide) groups is 1. The number of carbonyl (C=O) groups excluding carboxylic acids is 1. The van der Waals surface area contributed by atoms with Gasteiger partial charge in [0.2, 0.25) is 5.91 Å². The largest absolute Gasteiger partial charge is 0.355 e. The van der Waals surface area contributed by atoms with Gasteiger partial charge in [0.15, 0.2) is 0 Å². The molecule has 1 rings (SSSR count). The van der Waals surface area contributed by atoms with Crippen LogP contribution in [0.3, 0.4) is 0 Å². The molecule has 118 valence electrons. The first kappa shape index (κ1) is 18.0. The Morgan fingerprint density at radius 3 is 2.62 bits per heavy atom. The molecule has 0 radical (unpaired) electrons. The van der Waals surface area contributed by atoms with E-state index in [1.165, 1.54) is 6.07 Å². The zero-order valence-corrected chi connectivity index (χ0v) is 14.2. The summed E-state index contributed by atoms with van der Waals surface area (Å²) in [6, 6.07) is 6.74. The molecule has 0 aromatic heterocycles. The van der Waals surface area contributed by atoms with Crippen LogP contribution in [-0.2, 0) is 10.2 Å². The molecule has 4 heteroatoms. The van der Waals surface area contributed by atoms with E-state index in [9.17, 15) is 9.18 Å². The number of carbonyl (C=O) groups is 1. The molecule has 0 spiro atoms. The number of benzene rings is 1. The van der Waals surface area contributed by atoms with Gasteiger partial charge in [-0.2, -0.15) is 11.8 Å². The second kappa shape index (κ2) is 8.42. The summed E-state index contributed by atoms with van der Waals surface area (Å²) in [5, 5.41) is 2.91. The molecule has 2 nitrogen and oxygen atoms in total. The SMILES string of the molecule is CC(C)CCSCC(=O)NCC(C)(C)c1ccccc1F. The van der Waals surface area contributed by atoms with Crippen molar-refractivity contribution in [2.45, 2.75) is 39.5 Å². The Bertz CT molecular complexity index is 460. The summed E-state index contributed by atoms with van der Waals surface area (Å²) >= 11 is 1.65. The number of hydrogen-bond donors (Lipinski definition) is 1. The van der Waals surface area contributed by atoms with Crippen molar-refractivity contribution in [3.8, 4) is 0 Å². The lowest BCUT2D eigenvalue weighted by molar-refractivity contribution is -0.118. The van der Waals surface area contributed by atoms with Crippen LogP contribution >= 0.6 is 11.8 Å². The van der Waals surface area contributed by atoms with Gasteiger partial charge in [0, 0.05) is 12.0 Å². The molecule has 1 N–H and O–H groups in total. The van der Waals surface area contributed by atoms with Crippen LogP contribution in [0.1, 0.15) is 39.7 Å². The number of halogens is 1. The predicted octanol–water partition coefficient (Wildman–Crippen LogP) is 4.00. The summed E-state index contributed by atoms with van der Waals surface area (Å²) in [6.45, 7) is 8.68. The monoisotopic (exact) mass is 311 g/mol. The smallest absolute Gasteiger partial charge is 0.230 e. The van der Waals surface area contributed by atoms with Crippen LogP contribution in [0.15, 0.2) is 24.3 Å². The van der Waals surface area contributed by atoms with Crippen molar-refractivity contribution in [3.63, 3.8) is 0 Å². The van der Waals surface area contributed by atoms with E-state index in [0.717, 1.165) is 12.2 Å². The van der Waals surface area contributed by atoms with Crippen molar-refractivity contribution in [3.05, 3.63) is 35.6 Å². The van der Waals surface area contributed by atoms with Crippen LogP contribution in [0.5, 0.6) is 0 Å². The number of hydrogen-bond acceptors (Lipinski definition) is 2. The Balaban J connectivity index is 2.39. The maximum Gasteiger partial charge on any atom is 0.230 e. The molecule has 1 aromatic carbocycles. The third-order valence-electron chi connectivity index (χ3n) is 3.40.